The van der Waals surface area contributed by atoms with Crippen molar-refractivity contribution >= 4 is 11.6 Å². The van der Waals surface area contributed by atoms with Crippen molar-refractivity contribution in [1.29, 1.82) is 0 Å². The Morgan fingerprint density at radius 3 is 1.40 bits per heavy atom. The summed E-state index contributed by atoms with van der Waals surface area (Å²) in [6.45, 7) is 7.85. The van der Waals surface area contributed by atoms with Crippen LogP contribution in [0.4, 0.5) is 0 Å². The fraction of sp³-hybridized carbons (Fsp3) is 0.571. The molecule has 0 bridgehead atoms. The summed E-state index contributed by atoms with van der Waals surface area (Å²) in [6.07, 6.45) is 0.667. The van der Waals surface area contributed by atoms with E-state index in [2.05, 4.69) is 6.92 Å². The molecule has 0 N–H and O–H groups in total. The van der Waals surface area contributed by atoms with Gasteiger partial charge in [0.15, 0.2) is 0 Å². The molecule has 58 valence electrons. The summed E-state index contributed by atoms with van der Waals surface area (Å²) in [6, 6.07) is 0. The van der Waals surface area contributed by atoms with Crippen LogP contribution in [0.5, 0.6) is 0 Å². The van der Waals surface area contributed by atoms with Gasteiger partial charge in [-0.25, -0.2) is 0 Å². The van der Waals surface area contributed by atoms with E-state index in [1.807, 2.05) is 6.92 Å². The molecule has 0 rings (SSSR count). The molecule has 0 aliphatic rings. The first kappa shape index (κ1) is 16.7. The number of hydrogen-bond acceptors (Lipinski definition) is 2. The number of carbonyl (C=O) groups excluding carboxylic acids is 2. The van der Waals surface area contributed by atoms with Crippen LogP contribution < -0.4 is 0 Å². The third-order valence-electron chi connectivity index (χ3n) is 0.498. The fourth-order valence-electron chi connectivity index (χ4n) is 0. The Morgan fingerprint density at radius 1 is 1.30 bits per heavy atom. The van der Waals surface area contributed by atoms with E-state index in [0.29, 0.717) is 6.42 Å². The minimum absolute atomic E-state index is 0. The zero-order valence-electron chi connectivity index (χ0n) is 6.73. The van der Waals surface area contributed by atoms with Crippen LogP contribution in [-0.4, -0.2) is 11.6 Å². The Labute approximate surface area is 86.1 Å². The molecule has 0 fully saturated rings. The maximum absolute atomic E-state index is 9.81. The number of hydrogen-bond donors (Lipinski definition) is 0. The quantitative estimate of drug-likeness (QED) is 0.657. The molecule has 0 aromatic carbocycles. The monoisotopic (exact) mass is 367 g/mol. The number of ketones is 2. The standard InChI is InChI=1S/C4H8O.C3H5O.U/c1-3-4(2)5;1-3(2)4;/h3H2,1-2H3;1H2,2H3;/q;-1;. The van der Waals surface area contributed by atoms with Gasteiger partial charge in [0.05, 0.1) is 0 Å². The smallest absolute Gasteiger partial charge is 0.129 e. The zero-order chi connectivity index (χ0) is 7.86. The SMILES string of the molecule is CCC(C)=O.[CH2-]C(C)=O.[U]. The van der Waals surface area contributed by atoms with Gasteiger partial charge in [-0.1, -0.05) is 6.92 Å². The molecule has 0 unspecified atom stereocenters. The van der Waals surface area contributed by atoms with Crippen molar-refractivity contribution in [3.63, 3.8) is 0 Å². The first-order valence-electron chi connectivity index (χ1n) is 2.82. The van der Waals surface area contributed by atoms with Crippen molar-refractivity contribution in [2.24, 2.45) is 0 Å². The first-order chi connectivity index (χ1) is 4.00. The van der Waals surface area contributed by atoms with Crippen molar-refractivity contribution in [3.8, 4) is 0 Å². The fourth-order valence-corrected chi connectivity index (χ4v) is 0. The molecular formula is C7H13O2U-. The summed E-state index contributed by atoms with van der Waals surface area (Å²) in [5.74, 6) is 0.171. The summed E-state index contributed by atoms with van der Waals surface area (Å²) in [5, 5.41) is 0. The maximum Gasteiger partial charge on any atom is 0.129 e. The van der Waals surface area contributed by atoms with Gasteiger partial charge < -0.3 is 16.5 Å². The molecule has 0 aliphatic heterocycles. The summed E-state index contributed by atoms with van der Waals surface area (Å²) in [4.78, 5) is 19.1. The van der Waals surface area contributed by atoms with Crippen LogP contribution in [0, 0.1) is 38.0 Å². The molecule has 0 aromatic heterocycles. The second-order valence-corrected chi connectivity index (χ2v) is 1.76. The molecule has 0 saturated heterocycles. The molecule has 0 saturated carbocycles. The van der Waals surface area contributed by atoms with Crippen molar-refractivity contribution in [2.75, 3.05) is 0 Å². The second-order valence-electron chi connectivity index (χ2n) is 1.76. The van der Waals surface area contributed by atoms with Crippen LogP contribution in [0.15, 0.2) is 0 Å². The van der Waals surface area contributed by atoms with E-state index >= 15 is 0 Å². The average molecular weight is 367 g/mol. The van der Waals surface area contributed by atoms with Crippen LogP contribution in [0.2, 0.25) is 0 Å². The molecule has 0 spiro atoms. The Morgan fingerprint density at radius 2 is 1.40 bits per heavy atom. The number of carbonyl (C=O) groups is 2. The van der Waals surface area contributed by atoms with E-state index in [4.69, 9.17) is 0 Å². The van der Waals surface area contributed by atoms with Gasteiger partial charge >= 0.3 is 0 Å². The third kappa shape index (κ3) is 85.2. The Balaban J connectivity index is -0.0000000910. The summed E-state index contributed by atoms with van der Waals surface area (Å²) >= 11 is 0. The van der Waals surface area contributed by atoms with Gasteiger partial charge in [-0.05, 0) is 19.6 Å². The molecule has 0 heterocycles. The van der Waals surface area contributed by atoms with Crippen molar-refractivity contribution in [2.45, 2.75) is 27.2 Å². The molecule has 2 nitrogen and oxygen atoms in total. The minimum Gasteiger partial charge on any atom is -0.340 e. The van der Waals surface area contributed by atoms with Crippen molar-refractivity contribution in [1.82, 2.24) is 0 Å². The molecular weight excluding hydrogens is 354 g/mol. The van der Waals surface area contributed by atoms with E-state index in [1.54, 1.807) is 6.92 Å². The van der Waals surface area contributed by atoms with E-state index < -0.39 is 0 Å². The Bertz CT molecular complexity index is 95.8. The van der Waals surface area contributed by atoms with E-state index in [-0.39, 0.29) is 42.7 Å². The second kappa shape index (κ2) is 12.0. The molecule has 0 atom stereocenters. The largest absolute Gasteiger partial charge is 0.340 e. The topological polar surface area (TPSA) is 34.1 Å². The van der Waals surface area contributed by atoms with Gasteiger partial charge in [0.25, 0.3) is 0 Å². The molecule has 0 radical (unpaired) electrons. The van der Waals surface area contributed by atoms with E-state index in [9.17, 15) is 9.59 Å². The van der Waals surface area contributed by atoms with Crippen LogP contribution in [0.1, 0.15) is 27.2 Å². The first-order valence-corrected chi connectivity index (χ1v) is 2.82. The third-order valence-corrected chi connectivity index (χ3v) is 0.498. The zero-order valence-corrected chi connectivity index (χ0v) is 10.9. The molecule has 0 aromatic rings. The van der Waals surface area contributed by atoms with E-state index in [1.165, 1.54) is 6.92 Å². The molecule has 0 amide bonds. The summed E-state index contributed by atoms with van der Waals surface area (Å²) in [5.41, 5.74) is 0. The summed E-state index contributed by atoms with van der Waals surface area (Å²) in [7, 11) is 0. The van der Waals surface area contributed by atoms with Gasteiger partial charge in [0.1, 0.15) is 5.78 Å². The van der Waals surface area contributed by atoms with Crippen LogP contribution >= 0.6 is 0 Å². The Hall–Kier alpha value is 0.262. The van der Waals surface area contributed by atoms with Crippen LogP contribution in [0.25, 0.3) is 0 Å². The van der Waals surface area contributed by atoms with Gasteiger partial charge in [0.2, 0.25) is 0 Å². The van der Waals surface area contributed by atoms with Crippen LogP contribution in [-0.2, 0) is 9.59 Å². The van der Waals surface area contributed by atoms with Gasteiger partial charge in [0, 0.05) is 37.5 Å². The van der Waals surface area contributed by atoms with Gasteiger partial charge in [-0.15, -0.1) is 0 Å². The molecule has 3 heteroatoms. The molecule has 0 aliphatic carbocycles. The minimum atomic E-state index is -0.0833. The van der Waals surface area contributed by atoms with E-state index in [0.717, 1.165) is 0 Å². The van der Waals surface area contributed by atoms with Crippen molar-refractivity contribution < 1.29 is 40.7 Å². The molecule has 10 heavy (non-hydrogen) atoms. The maximum atomic E-state index is 9.81. The predicted molar refractivity (Wildman–Crippen MR) is 37.0 cm³/mol. The van der Waals surface area contributed by atoms with Crippen molar-refractivity contribution in [3.05, 3.63) is 6.92 Å². The van der Waals surface area contributed by atoms with Gasteiger partial charge in [-0.3, -0.25) is 0 Å². The summed E-state index contributed by atoms with van der Waals surface area (Å²) < 4.78 is 0. The van der Waals surface area contributed by atoms with Gasteiger partial charge in [-0.2, -0.15) is 0 Å². The van der Waals surface area contributed by atoms with Crippen LogP contribution in [0.3, 0.4) is 0 Å². The Kier molecular flexibility index (Phi) is 20.0. The number of rotatable bonds is 1. The number of Topliss-reactive ketones (excluding diaryl/α,β-unsaturated/α-hetero) is 2. The predicted octanol–water partition coefficient (Wildman–Crippen LogP) is 1.39. The normalized spacial score (nSPS) is 6.30. The average Bonchev–Trinajstić information content (AvgIpc) is 1.65.